The lowest BCUT2D eigenvalue weighted by Gasteiger charge is -2.25. The van der Waals surface area contributed by atoms with E-state index in [4.69, 9.17) is 16.3 Å². The van der Waals surface area contributed by atoms with Gasteiger partial charge in [-0.1, -0.05) is 12.1 Å². The van der Waals surface area contributed by atoms with Gasteiger partial charge in [-0.05, 0) is 36.6 Å². The second-order valence-electron chi connectivity index (χ2n) is 6.20. The lowest BCUT2D eigenvalue weighted by Crippen LogP contribution is -2.21. The van der Waals surface area contributed by atoms with Crippen molar-refractivity contribution in [2.24, 2.45) is 0 Å². The quantitative estimate of drug-likeness (QED) is 0.608. The highest BCUT2D eigenvalue weighted by atomic mass is 35.5. The number of fused-ring (bicyclic) bond motifs is 1. The van der Waals surface area contributed by atoms with Crippen LogP contribution in [-0.2, 0) is 10.6 Å². The summed E-state index contributed by atoms with van der Waals surface area (Å²) in [6, 6.07) is 9.28. The minimum absolute atomic E-state index is 0.235. The van der Waals surface area contributed by atoms with E-state index in [1.807, 2.05) is 0 Å². The molecule has 0 unspecified atom stereocenters. The van der Waals surface area contributed by atoms with E-state index in [9.17, 15) is 8.78 Å². The summed E-state index contributed by atoms with van der Waals surface area (Å²) in [6.45, 7) is 1.39. The van der Waals surface area contributed by atoms with Gasteiger partial charge in [0, 0.05) is 30.9 Å². The summed E-state index contributed by atoms with van der Waals surface area (Å²) >= 11 is 6.09. The predicted molar refractivity (Wildman–Crippen MR) is 93.7 cm³/mol. The van der Waals surface area contributed by atoms with E-state index < -0.39 is 0 Å². The van der Waals surface area contributed by atoms with E-state index in [-0.39, 0.29) is 23.6 Å². The Bertz CT molecular complexity index is 902. The molecule has 1 fully saturated rings. The van der Waals surface area contributed by atoms with E-state index in [1.165, 1.54) is 18.2 Å². The fourth-order valence-corrected chi connectivity index (χ4v) is 3.65. The summed E-state index contributed by atoms with van der Waals surface area (Å²) < 4.78 is 35.3. The van der Waals surface area contributed by atoms with Crippen molar-refractivity contribution < 1.29 is 13.5 Å². The Morgan fingerprint density at radius 2 is 1.84 bits per heavy atom. The number of alkyl halides is 1. The average Bonchev–Trinajstić information content (AvgIpc) is 3.00. The van der Waals surface area contributed by atoms with Gasteiger partial charge >= 0.3 is 0 Å². The van der Waals surface area contributed by atoms with Gasteiger partial charge in [-0.3, -0.25) is 0 Å². The van der Waals surface area contributed by atoms with E-state index >= 15 is 0 Å². The molecule has 2 aromatic carbocycles. The van der Waals surface area contributed by atoms with Crippen LogP contribution in [0.1, 0.15) is 24.7 Å². The molecule has 0 N–H and O–H groups in total. The number of nitrogens with zero attached hydrogens (tertiary/aromatic N) is 2. The fraction of sp³-hybridized carbons (Fsp3) is 0.316. The zero-order valence-corrected chi connectivity index (χ0v) is 14.3. The highest BCUT2D eigenvalue weighted by molar-refractivity contribution is 6.16. The number of aromatic nitrogens is 2. The lowest BCUT2D eigenvalue weighted by molar-refractivity contribution is 0.0700. The summed E-state index contributed by atoms with van der Waals surface area (Å²) in [6.07, 6.45) is 1.75. The Morgan fingerprint density at radius 1 is 1.12 bits per heavy atom. The van der Waals surface area contributed by atoms with Gasteiger partial charge in [0.05, 0.1) is 16.9 Å². The zero-order valence-electron chi connectivity index (χ0n) is 13.5. The van der Waals surface area contributed by atoms with Crippen molar-refractivity contribution in [2.45, 2.75) is 24.8 Å². The molecular formula is C19H17ClF2N2O. The second kappa shape index (κ2) is 6.73. The van der Waals surface area contributed by atoms with Crippen molar-refractivity contribution in [3.8, 4) is 11.1 Å². The summed E-state index contributed by atoms with van der Waals surface area (Å²) in [7, 11) is 0. The Hall–Kier alpha value is -1.98. The molecule has 6 heteroatoms. The fourth-order valence-electron chi connectivity index (χ4n) is 3.46. The van der Waals surface area contributed by atoms with E-state index in [1.54, 1.807) is 18.2 Å². The highest BCUT2D eigenvalue weighted by Crippen LogP contribution is 2.33. The smallest absolute Gasteiger partial charge is 0.133 e. The molecule has 1 saturated heterocycles. The van der Waals surface area contributed by atoms with Gasteiger partial charge in [-0.15, -0.1) is 11.6 Å². The van der Waals surface area contributed by atoms with Crippen molar-refractivity contribution in [1.29, 1.82) is 0 Å². The number of hydrogen-bond donors (Lipinski definition) is 0. The number of hydrogen-bond acceptors (Lipinski definition) is 2. The first-order chi connectivity index (χ1) is 12.2. The largest absolute Gasteiger partial charge is 0.381 e. The van der Waals surface area contributed by atoms with Crippen molar-refractivity contribution >= 4 is 22.6 Å². The number of rotatable bonds is 3. The van der Waals surface area contributed by atoms with Crippen LogP contribution in [0.3, 0.4) is 0 Å². The molecule has 25 heavy (non-hydrogen) atoms. The maximum Gasteiger partial charge on any atom is 0.133 e. The Morgan fingerprint density at radius 3 is 2.52 bits per heavy atom. The molecule has 0 spiro atoms. The molecule has 0 bridgehead atoms. The van der Waals surface area contributed by atoms with Crippen molar-refractivity contribution in [3.05, 3.63) is 53.9 Å². The van der Waals surface area contributed by atoms with Gasteiger partial charge in [0.25, 0.3) is 0 Å². The van der Waals surface area contributed by atoms with Gasteiger partial charge in [0.2, 0.25) is 0 Å². The number of benzene rings is 2. The molecule has 130 valence electrons. The van der Waals surface area contributed by atoms with Gasteiger partial charge < -0.3 is 9.30 Å². The molecule has 4 rings (SSSR count). The molecule has 0 aliphatic carbocycles. The molecular weight excluding hydrogens is 346 g/mol. The van der Waals surface area contributed by atoms with E-state index in [2.05, 4.69) is 9.55 Å². The summed E-state index contributed by atoms with van der Waals surface area (Å²) in [5, 5.41) is 0. The minimum atomic E-state index is -0.378. The van der Waals surface area contributed by atoms with Crippen LogP contribution in [0.15, 0.2) is 36.4 Å². The first kappa shape index (κ1) is 16.5. The predicted octanol–water partition coefficient (Wildman–Crippen LogP) is 5.07. The van der Waals surface area contributed by atoms with Crippen LogP contribution in [0.2, 0.25) is 0 Å². The molecule has 3 nitrogen and oxygen atoms in total. The summed E-state index contributed by atoms with van der Waals surface area (Å²) in [5.74, 6) is 0.275. The zero-order chi connectivity index (χ0) is 17.4. The van der Waals surface area contributed by atoms with Crippen molar-refractivity contribution in [2.75, 3.05) is 13.2 Å². The SMILES string of the molecule is Fc1ccc(-c2cc3c(cc2F)nc(CCl)n3C2CCOCC2)cc1. The lowest BCUT2D eigenvalue weighted by atomic mass is 10.0. The second-order valence-corrected chi connectivity index (χ2v) is 6.47. The van der Waals surface area contributed by atoms with E-state index in [0.29, 0.717) is 29.9 Å². The maximum absolute atomic E-state index is 14.6. The van der Waals surface area contributed by atoms with Crippen molar-refractivity contribution in [1.82, 2.24) is 9.55 Å². The molecule has 1 aliphatic heterocycles. The molecule has 0 amide bonds. The Balaban J connectivity index is 1.89. The van der Waals surface area contributed by atoms with Gasteiger partial charge in [0.1, 0.15) is 17.5 Å². The molecule has 0 radical (unpaired) electrons. The van der Waals surface area contributed by atoms with Crippen LogP contribution >= 0.6 is 11.6 Å². The van der Waals surface area contributed by atoms with Crippen LogP contribution in [0.25, 0.3) is 22.2 Å². The third kappa shape index (κ3) is 3.02. The third-order valence-electron chi connectivity index (χ3n) is 4.68. The highest BCUT2D eigenvalue weighted by Gasteiger charge is 2.22. The maximum atomic E-state index is 14.6. The monoisotopic (exact) mass is 362 g/mol. The van der Waals surface area contributed by atoms with Gasteiger partial charge in [-0.25, -0.2) is 13.8 Å². The average molecular weight is 363 g/mol. The molecule has 1 aromatic heterocycles. The van der Waals surface area contributed by atoms with Gasteiger partial charge in [0.15, 0.2) is 0 Å². The minimum Gasteiger partial charge on any atom is -0.381 e. The summed E-state index contributed by atoms with van der Waals surface area (Å²) in [5.41, 5.74) is 2.50. The standard InChI is InChI=1S/C19H17ClF2N2O/c20-11-19-23-17-10-16(22)15(12-1-3-13(21)4-2-12)9-18(17)24(19)14-5-7-25-8-6-14/h1-4,9-10,14H,5-8,11H2. The number of imidazole rings is 1. The van der Waals surface area contributed by atoms with Crippen LogP contribution in [0.4, 0.5) is 8.78 Å². The molecule has 1 aliphatic rings. The van der Waals surface area contributed by atoms with Crippen molar-refractivity contribution in [3.63, 3.8) is 0 Å². The third-order valence-corrected chi connectivity index (χ3v) is 4.92. The Kier molecular flexibility index (Phi) is 4.44. The van der Waals surface area contributed by atoms with Crippen LogP contribution in [-0.4, -0.2) is 22.8 Å². The van der Waals surface area contributed by atoms with Crippen LogP contribution < -0.4 is 0 Å². The number of halogens is 3. The van der Waals surface area contributed by atoms with E-state index in [0.717, 1.165) is 24.2 Å². The van der Waals surface area contributed by atoms with Crippen LogP contribution in [0, 0.1) is 11.6 Å². The Labute approximate surface area is 149 Å². The topological polar surface area (TPSA) is 27.1 Å². The first-order valence-electron chi connectivity index (χ1n) is 8.27. The molecule has 0 atom stereocenters. The molecule has 3 aromatic rings. The normalized spacial score (nSPS) is 15.8. The molecule has 0 saturated carbocycles. The van der Waals surface area contributed by atoms with Gasteiger partial charge in [-0.2, -0.15) is 0 Å². The summed E-state index contributed by atoms with van der Waals surface area (Å²) in [4.78, 5) is 4.51. The molecule has 2 heterocycles. The van der Waals surface area contributed by atoms with Crippen LogP contribution in [0.5, 0.6) is 0 Å². The first-order valence-corrected chi connectivity index (χ1v) is 8.81. The number of ether oxygens (including phenoxy) is 1.